The molecule has 0 saturated carbocycles. The number of carbonyl (C=O) groups is 2. The molecule has 7 nitrogen and oxygen atoms in total. The minimum absolute atomic E-state index is 0.0531. The molecule has 2 aliphatic rings. The second-order valence-electron chi connectivity index (χ2n) is 9.79. The molecule has 1 spiro atoms. The van der Waals surface area contributed by atoms with Gasteiger partial charge in [0.1, 0.15) is 6.04 Å². The van der Waals surface area contributed by atoms with Gasteiger partial charge in [0.15, 0.2) is 0 Å². The van der Waals surface area contributed by atoms with Gasteiger partial charge in [-0.15, -0.1) is 0 Å². The van der Waals surface area contributed by atoms with E-state index in [1.165, 1.54) is 5.56 Å². The van der Waals surface area contributed by atoms with Gasteiger partial charge in [-0.3, -0.25) is 19.5 Å². The number of hydrogen-bond acceptors (Lipinski definition) is 5. The van der Waals surface area contributed by atoms with Crippen molar-refractivity contribution < 1.29 is 14.3 Å². The molecular formula is C25H40N4O3. The summed E-state index contributed by atoms with van der Waals surface area (Å²) in [5, 5.41) is 6.16. The van der Waals surface area contributed by atoms with Crippen LogP contribution in [0.5, 0.6) is 0 Å². The minimum atomic E-state index is -0.475. The van der Waals surface area contributed by atoms with Crippen LogP contribution in [-0.2, 0) is 20.9 Å². The molecule has 2 aliphatic heterocycles. The van der Waals surface area contributed by atoms with Crippen LogP contribution < -0.4 is 10.6 Å². The highest BCUT2D eigenvalue weighted by molar-refractivity contribution is 5.90. The van der Waals surface area contributed by atoms with Crippen LogP contribution in [0.4, 0.5) is 0 Å². The predicted octanol–water partition coefficient (Wildman–Crippen LogP) is 2.90. The maximum absolute atomic E-state index is 13.6. The number of ether oxygens (including phenoxy) is 1. The Morgan fingerprint density at radius 1 is 1.16 bits per heavy atom. The Kier molecular flexibility index (Phi) is 9.48. The zero-order valence-corrected chi connectivity index (χ0v) is 19.8. The molecule has 32 heavy (non-hydrogen) atoms. The fraction of sp³-hybridized carbons (Fsp3) is 0.720. The van der Waals surface area contributed by atoms with Gasteiger partial charge in [-0.05, 0) is 69.2 Å². The fourth-order valence-corrected chi connectivity index (χ4v) is 4.77. The third-order valence-corrected chi connectivity index (χ3v) is 6.71. The van der Waals surface area contributed by atoms with Crippen LogP contribution in [-0.4, -0.2) is 60.6 Å². The lowest BCUT2D eigenvalue weighted by molar-refractivity contribution is -0.138. The van der Waals surface area contributed by atoms with E-state index in [1.807, 2.05) is 12.3 Å². The third-order valence-electron chi connectivity index (χ3n) is 6.71. The number of hydrogen-bond donors (Lipinski definition) is 2. The second-order valence-corrected chi connectivity index (χ2v) is 9.79. The number of pyridine rings is 1. The number of nitrogens with one attached hydrogen (secondary N) is 2. The number of carbonyl (C=O) groups excluding carboxylic acids is 2. The first-order valence-corrected chi connectivity index (χ1v) is 12.3. The summed E-state index contributed by atoms with van der Waals surface area (Å²) in [6, 6.07) is 3.59. The molecule has 0 radical (unpaired) electrons. The van der Waals surface area contributed by atoms with E-state index in [4.69, 9.17) is 4.74 Å². The highest BCUT2D eigenvalue weighted by Crippen LogP contribution is 2.37. The van der Waals surface area contributed by atoms with Crippen molar-refractivity contribution in [2.75, 3.05) is 32.8 Å². The molecule has 1 aromatic heterocycles. The number of aromatic nitrogens is 1. The summed E-state index contributed by atoms with van der Waals surface area (Å²) in [7, 11) is 0. The first-order valence-electron chi connectivity index (χ1n) is 12.3. The first kappa shape index (κ1) is 24.6. The maximum atomic E-state index is 13.6. The molecule has 2 N–H and O–H groups in total. The number of amides is 2. The highest BCUT2D eigenvalue weighted by atomic mass is 16.5. The largest absolute Gasteiger partial charge is 0.381 e. The van der Waals surface area contributed by atoms with E-state index in [9.17, 15) is 9.59 Å². The van der Waals surface area contributed by atoms with Gasteiger partial charge in [-0.2, -0.15) is 0 Å². The van der Waals surface area contributed by atoms with Gasteiger partial charge in [0.05, 0.1) is 5.41 Å². The van der Waals surface area contributed by atoms with Crippen molar-refractivity contribution >= 4 is 11.8 Å². The maximum Gasteiger partial charge on any atom is 0.242 e. The van der Waals surface area contributed by atoms with Gasteiger partial charge < -0.3 is 15.4 Å². The average molecular weight is 445 g/mol. The lowest BCUT2D eigenvalue weighted by Gasteiger charge is -2.41. The number of piperidine rings is 1. The minimum Gasteiger partial charge on any atom is -0.381 e. The fourth-order valence-electron chi connectivity index (χ4n) is 4.77. The van der Waals surface area contributed by atoms with Crippen LogP contribution in [0.1, 0.15) is 64.4 Å². The quantitative estimate of drug-likeness (QED) is 0.746. The Labute approximate surface area is 192 Å². The van der Waals surface area contributed by atoms with Crippen molar-refractivity contribution in [3.8, 4) is 0 Å². The van der Waals surface area contributed by atoms with Crippen molar-refractivity contribution in [3.05, 3.63) is 30.1 Å². The van der Waals surface area contributed by atoms with E-state index in [0.717, 1.165) is 64.8 Å². The zero-order chi connectivity index (χ0) is 22.8. The van der Waals surface area contributed by atoms with Gasteiger partial charge in [0.2, 0.25) is 11.8 Å². The second kappa shape index (κ2) is 12.3. The Morgan fingerprint density at radius 2 is 1.94 bits per heavy atom. The SMILES string of the molecule is CC(C)C[C@@H]1NC(=O)C2(CCCCOCCCNC1=O)CCN(Cc1cccnc1)CC2. The Bertz CT molecular complexity index is 717. The van der Waals surface area contributed by atoms with Crippen LogP contribution in [0.25, 0.3) is 0 Å². The molecule has 0 aliphatic carbocycles. The molecule has 1 atom stereocenters. The molecule has 0 aromatic carbocycles. The van der Waals surface area contributed by atoms with Crippen molar-refractivity contribution in [2.24, 2.45) is 11.3 Å². The highest BCUT2D eigenvalue weighted by Gasteiger charge is 2.42. The summed E-state index contributed by atoms with van der Waals surface area (Å²) >= 11 is 0. The van der Waals surface area contributed by atoms with Gasteiger partial charge >= 0.3 is 0 Å². The monoisotopic (exact) mass is 444 g/mol. The number of nitrogens with zero attached hydrogens (tertiary/aromatic N) is 2. The van der Waals surface area contributed by atoms with E-state index in [1.54, 1.807) is 6.20 Å². The smallest absolute Gasteiger partial charge is 0.242 e. The van der Waals surface area contributed by atoms with Crippen LogP contribution in [0.15, 0.2) is 24.5 Å². The Hall–Kier alpha value is -1.99. The van der Waals surface area contributed by atoms with E-state index < -0.39 is 11.5 Å². The molecular weight excluding hydrogens is 404 g/mol. The molecule has 3 heterocycles. The molecule has 1 aromatic rings. The van der Waals surface area contributed by atoms with E-state index in [-0.39, 0.29) is 11.8 Å². The van der Waals surface area contributed by atoms with Crippen molar-refractivity contribution in [2.45, 2.75) is 71.4 Å². The Balaban J connectivity index is 1.69. The van der Waals surface area contributed by atoms with Gasteiger partial charge in [0, 0.05) is 38.7 Å². The molecule has 2 amide bonds. The van der Waals surface area contributed by atoms with Gasteiger partial charge in [0.25, 0.3) is 0 Å². The van der Waals surface area contributed by atoms with E-state index in [0.29, 0.717) is 25.5 Å². The summed E-state index contributed by atoms with van der Waals surface area (Å²) in [5.41, 5.74) is 0.787. The summed E-state index contributed by atoms with van der Waals surface area (Å²) in [4.78, 5) is 33.0. The standard InChI is InChI=1S/C25H40N4O3/c1-20(2)17-22-23(30)27-12-6-16-32-15-4-3-8-25(24(31)28-22)9-13-29(14-10-25)19-21-7-5-11-26-18-21/h5,7,11,18,20,22H,3-4,6,8-10,12-17,19H2,1-2H3,(H,27,30)(H,28,31)/t22-/m0/s1. The lowest BCUT2D eigenvalue weighted by Crippen LogP contribution is -2.55. The summed E-state index contributed by atoms with van der Waals surface area (Å²) in [5.74, 6) is 0.302. The van der Waals surface area contributed by atoms with Gasteiger partial charge in [-0.25, -0.2) is 0 Å². The lowest BCUT2D eigenvalue weighted by atomic mass is 9.73. The summed E-state index contributed by atoms with van der Waals surface area (Å²) in [6.45, 7) is 8.75. The Morgan fingerprint density at radius 3 is 2.66 bits per heavy atom. The molecule has 3 rings (SSSR count). The van der Waals surface area contributed by atoms with Gasteiger partial charge in [-0.1, -0.05) is 26.3 Å². The van der Waals surface area contributed by atoms with E-state index in [2.05, 4.69) is 40.4 Å². The van der Waals surface area contributed by atoms with Crippen LogP contribution in [0.3, 0.4) is 0 Å². The van der Waals surface area contributed by atoms with E-state index >= 15 is 0 Å². The van der Waals surface area contributed by atoms with Crippen molar-refractivity contribution in [3.63, 3.8) is 0 Å². The molecule has 2 saturated heterocycles. The first-order chi connectivity index (χ1) is 15.5. The number of rotatable bonds is 4. The predicted molar refractivity (Wildman–Crippen MR) is 125 cm³/mol. The zero-order valence-electron chi connectivity index (χ0n) is 19.8. The molecule has 178 valence electrons. The summed E-state index contributed by atoms with van der Waals surface area (Å²) < 4.78 is 5.73. The average Bonchev–Trinajstić information content (AvgIpc) is 2.78. The number of likely N-dealkylation sites (tertiary alicyclic amines) is 1. The van der Waals surface area contributed by atoms with Crippen LogP contribution >= 0.6 is 0 Å². The normalized spacial score (nSPS) is 24.0. The molecule has 0 unspecified atom stereocenters. The topological polar surface area (TPSA) is 83.6 Å². The van der Waals surface area contributed by atoms with Crippen molar-refractivity contribution in [1.82, 2.24) is 20.5 Å². The summed E-state index contributed by atoms with van der Waals surface area (Å²) in [6.07, 6.45) is 9.57. The third kappa shape index (κ3) is 7.27. The molecule has 7 heteroatoms. The van der Waals surface area contributed by atoms with Crippen molar-refractivity contribution in [1.29, 1.82) is 0 Å². The van der Waals surface area contributed by atoms with Crippen LogP contribution in [0, 0.1) is 11.3 Å². The molecule has 0 bridgehead atoms. The molecule has 2 fully saturated rings. The van der Waals surface area contributed by atoms with Crippen LogP contribution in [0.2, 0.25) is 0 Å².